The Hall–Kier alpha value is -1.09. The standard InChI is InChI=1S/C9H15N3/c1-7-5-8(3-4-11-2)12-9(10)6-7/h5-6,11H,3-4H2,1-2H3,(H2,10,12). The third-order valence-corrected chi connectivity index (χ3v) is 1.67. The lowest BCUT2D eigenvalue weighted by molar-refractivity contribution is 0.776. The Morgan fingerprint density at radius 1 is 1.50 bits per heavy atom. The van der Waals surface area contributed by atoms with Gasteiger partial charge in [-0.3, -0.25) is 0 Å². The Bertz CT molecular complexity index is 238. The first-order chi connectivity index (χ1) is 5.72. The second kappa shape index (κ2) is 4.07. The third kappa shape index (κ3) is 2.51. The van der Waals surface area contributed by atoms with Crippen LogP contribution in [0.5, 0.6) is 0 Å². The minimum atomic E-state index is 0.612. The summed E-state index contributed by atoms with van der Waals surface area (Å²) < 4.78 is 0. The van der Waals surface area contributed by atoms with E-state index in [9.17, 15) is 0 Å². The molecule has 0 unspecified atom stereocenters. The number of nitrogens with two attached hydrogens (primary N) is 1. The smallest absolute Gasteiger partial charge is 0.123 e. The molecule has 1 aromatic heterocycles. The van der Waals surface area contributed by atoms with Crippen molar-refractivity contribution in [1.82, 2.24) is 10.3 Å². The highest BCUT2D eigenvalue weighted by molar-refractivity contribution is 5.34. The van der Waals surface area contributed by atoms with E-state index >= 15 is 0 Å². The largest absolute Gasteiger partial charge is 0.384 e. The molecule has 0 radical (unpaired) electrons. The molecule has 0 aliphatic rings. The van der Waals surface area contributed by atoms with Gasteiger partial charge in [-0.25, -0.2) is 4.98 Å². The average molecular weight is 165 g/mol. The maximum atomic E-state index is 5.60. The minimum absolute atomic E-state index is 0.612. The van der Waals surface area contributed by atoms with Crippen molar-refractivity contribution in [2.24, 2.45) is 0 Å². The van der Waals surface area contributed by atoms with Gasteiger partial charge in [0.1, 0.15) is 5.82 Å². The summed E-state index contributed by atoms with van der Waals surface area (Å²) in [5, 5.41) is 3.07. The van der Waals surface area contributed by atoms with Crippen LogP contribution in [-0.2, 0) is 6.42 Å². The van der Waals surface area contributed by atoms with Crippen molar-refractivity contribution in [2.75, 3.05) is 19.3 Å². The van der Waals surface area contributed by atoms with Crippen molar-refractivity contribution in [3.05, 3.63) is 23.4 Å². The predicted octanol–water partition coefficient (Wildman–Crippen LogP) is 0.734. The van der Waals surface area contributed by atoms with Crippen molar-refractivity contribution < 1.29 is 0 Å². The van der Waals surface area contributed by atoms with Gasteiger partial charge in [-0.15, -0.1) is 0 Å². The van der Waals surface area contributed by atoms with Crippen LogP contribution in [0.3, 0.4) is 0 Å². The van der Waals surface area contributed by atoms with Gasteiger partial charge in [-0.2, -0.15) is 0 Å². The first kappa shape index (κ1) is 9.00. The van der Waals surface area contributed by atoms with E-state index in [-0.39, 0.29) is 0 Å². The van der Waals surface area contributed by atoms with Crippen LogP contribution in [0.1, 0.15) is 11.3 Å². The quantitative estimate of drug-likeness (QED) is 0.694. The van der Waals surface area contributed by atoms with Gasteiger partial charge >= 0.3 is 0 Å². The number of hydrogen-bond donors (Lipinski definition) is 2. The second-order valence-corrected chi connectivity index (χ2v) is 2.91. The molecular weight excluding hydrogens is 150 g/mol. The summed E-state index contributed by atoms with van der Waals surface area (Å²) in [5.41, 5.74) is 7.83. The van der Waals surface area contributed by atoms with Crippen LogP contribution in [-0.4, -0.2) is 18.6 Å². The molecule has 3 heteroatoms. The molecule has 1 rings (SSSR count). The number of nitrogen functional groups attached to an aromatic ring is 1. The SMILES string of the molecule is CNCCc1cc(C)cc(N)n1. The fourth-order valence-corrected chi connectivity index (χ4v) is 1.15. The zero-order valence-corrected chi connectivity index (χ0v) is 7.59. The van der Waals surface area contributed by atoms with Crippen LogP contribution in [0.25, 0.3) is 0 Å². The normalized spacial score (nSPS) is 10.2. The Morgan fingerprint density at radius 2 is 2.25 bits per heavy atom. The molecule has 1 heterocycles. The Morgan fingerprint density at radius 3 is 2.83 bits per heavy atom. The number of aryl methyl sites for hydroxylation is 1. The molecule has 0 atom stereocenters. The molecule has 0 saturated carbocycles. The molecule has 12 heavy (non-hydrogen) atoms. The summed E-state index contributed by atoms with van der Waals surface area (Å²) in [6, 6.07) is 3.94. The van der Waals surface area contributed by atoms with E-state index in [0.29, 0.717) is 5.82 Å². The molecule has 0 aliphatic heterocycles. The average Bonchev–Trinajstić information content (AvgIpc) is 1.99. The monoisotopic (exact) mass is 165 g/mol. The van der Waals surface area contributed by atoms with Gasteiger partial charge < -0.3 is 11.1 Å². The minimum Gasteiger partial charge on any atom is -0.384 e. The zero-order valence-electron chi connectivity index (χ0n) is 7.59. The van der Waals surface area contributed by atoms with E-state index < -0.39 is 0 Å². The first-order valence-electron chi connectivity index (χ1n) is 4.10. The lowest BCUT2D eigenvalue weighted by atomic mass is 10.2. The van der Waals surface area contributed by atoms with E-state index in [1.165, 1.54) is 5.56 Å². The molecule has 0 aromatic carbocycles. The van der Waals surface area contributed by atoms with Crippen molar-refractivity contribution in [2.45, 2.75) is 13.3 Å². The summed E-state index contributed by atoms with van der Waals surface area (Å²) in [4.78, 5) is 4.21. The van der Waals surface area contributed by atoms with Gasteiger partial charge in [0, 0.05) is 18.7 Å². The van der Waals surface area contributed by atoms with Crippen LogP contribution in [0.15, 0.2) is 12.1 Å². The highest BCUT2D eigenvalue weighted by Crippen LogP contribution is 2.06. The number of rotatable bonds is 3. The van der Waals surface area contributed by atoms with Crippen LogP contribution in [0.4, 0.5) is 5.82 Å². The summed E-state index contributed by atoms with van der Waals surface area (Å²) in [6.45, 7) is 2.97. The Labute approximate surface area is 73.0 Å². The number of nitrogens with zero attached hydrogens (tertiary/aromatic N) is 1. The lowest BCUT2D eigenvalue weighted by Gasteiger charge is -2.02. The van der Waals surface area contributed by atoms with Crippen molar-refractivity contribution >= 4 is 5.82 Å². The fraction of sp³-hybridized carbons (Fsp3) is 0.444. The molecule has 0 saturated heterocycles. The molecule has 3 N–H and O–H groups in total. The summed E-state index contributed by atoms with van der Waals surface area (Å²) in [5.74, 6) is 0.612. The highest BCUT2D eigenvalue weighted by Gasteiger charge is 1.96. The number of anilines is 1. The highest BCUT2D eigenvalue weighted by atomic mass is 14.9. The van der Waals surface area contributed by atoms with E-state index in [0.717, 1.165) is 18.7 Å². The van der Waals surface area contributed by atoms with E-state index in [1.54, 1.807) is 0 Å². The summed E-state index contributed by atoms with van der Waals surface area (Å²) in [7, 11) is 1.93. The first-order valence-corrected chi connectivity index (χ1v) is 4.10. The Balaban J connectivity index is 2.72. The maximum Gasteiger partial charge on any atom is 0.123 e. The molecule has 0 bridgehead atoms. The van der Waals surface area contributed by atoms with Crippen LogP contribution < -0.4 is 11.1 Å². The third-order valence-electron chi connectivity index (χ3n) is 1.67. The van der Waals surface area contributed by atoms with Crippen LogP contribution in [0, 0.1) is 6.92 Å². The molecule has 66 valence electrons. The van der Waals surface area contributed by atoms with Crippen molar-refractivity contribution in [1.29, 1.82) is 0 Å². The van der Waals surface area contributed by atoms with E-state index in [4.69, 9.17) is 5.73 Å². The van der Waals surface area contributed by atoms with Gasteiger partial charge in [0.25, 0.3) is 0 Å². The van der Waals surface area contributed by atoms with Gasteiger partial charge in [0.2, 0.25) is 0 Å². The molecule has 0 aliphatic carbocycles. The van der Waals surface area contributed by atoms with Crippen molar-refractivity contribution in [3.63, 3.8) is 0 Å². The molecule has 0 fully saturated rings. The number of nitrogens with one attached hydrogen (secondary N) is 1. The van der Waals surface area contributed by atoms with E-state index in [2.05, 4.69) is 16.4 Å². The molecule has 0 spiro atoms. The molecule has 0 amide bonds. The van der Waals surface area contributed by atoms with Crippen LogP contribution in [0.2, 0.25) is 0 Å². The number of pyridine rings is 1. The zero-order chi connectivity index (χ0) is 8.97. The predicted molar refractivity (Wildman–Crippen MR) is 51.0 cm³/mol. The number of likely N-dealkylation sites (N-methyl/N-ethyl adjacent to an activating group) is 1. The van der Waals surface area contributed by atoms with Crippen molar-refractivity contribution in [3.8, 4) is 0 Å². The van der Waals surface area contributed by atoms with Gasteiger partial charge in [-0.1, -0.05) is 0 Å². The fourth-order valence-electron chi connectivity index (χ4n) is 1.15. The summed E-state index contributed by atoms with van der Waals surface area (Å²) >= 11 is 0. The molecule has 1 aromatic rings. The molecular formula is C9H15N3. The number of aromatic nitrogens is 1. The topological polar surface area (TPSA) is 50.9 Å². The maximum absolute atomic E-state index is 5.60. The second-order valence-electron chi connectivity index (χ2n) is 2.91. The van der Waals surface area contributed by atoms with Crippen LogP contribution >= 0.6 is 0 Å². The van der Waals surface area contributed by atoms with Gasteiger partial charge in [-0.05, 0) is 31.7 Å². The Kier molecular flexibility index (Phi) is 3.05. The molecule has 3 nitrogen and oxygen atoms in total. The van der Waals surface area contributed by atoms with Gasteiger partial charge in [0.15, 0.2) is 0 Å². The van der Waals surface area contributed by atoms with E-state index in [1.807, 2.05) is 20.0 Å². The number of hydrogen-bond acceptors (Lipinski definition) is 3. The summed E-state index contributed by atoms with van der Waals surface area (Å²) in [6.07, 6.45) is 0.933. The lowest BCUT2D eigenvalue weighted by Crippen LogP contribution is -2.11. The van der Waals surface area contributed by atoms with Gasteiger partial charge in [0.05, 0.1) is 0 Å².